The molecule has 0 saturated heterocycles. The maximum absolute atomic E-state index is 13.1. The fraction of sp³-hybridized carbons (Fsp3) is 0.571. The number of aromatic nitrogens is 1. The fourth-order valence-electron chi connectivity index (χ4n) is 3.82. The summed E-state index contributed by atoms with van der Waals surface area (Å²) in [7, 11) is 0. The van der Waals surface area contributed by atoms with Gasteiger partial charge in [-0.3, -0.25) is 15.1 Å². The quantitative estimate of drug-likeness (QED) is 0.201. The minimum absolute atomic E-state index is 0.245. The SMILES string of the molecule is CCCCCCCCNC(=O)Nc1sc(C(=O)NCCc2cccnc2)c(CC)c1C(=O)OC(C)(C)C. The number of pyridine rings is 1. The number of nitrogens with one attached hydrogen (secondary N) is 3. The van der Waals surface area contributed by atoms with Crippen LogP contribution in [0.3, 0.4) is 0 Å². The second kappa shape index (κ2) is 15.3. The Kier molecular flexibility index (Phi) is 12.6. The number of nitrogens with zero attached hydrogens (tertiary/aromatic N) is 1. The van der Waals surface area contributed by atoms with Gasteiger partial charge in [-0.25, -0.2) is 9.59 Å². The molecule has 0 aliphatic heterocycles. The Morgan fingerprint density at radius 1 is 1.00 bits per heavy atom. The van der Waals surface area contributed by atoms with E-state index in [2.05, 4.69) is 27.9 Å². The van der Waals surface area contributed by atoms with Crippen LogP contribution in [0, 0.1) is 0 Å². The highest BCUT2D eigenvalue weighted by atomic mass is 32.1. The van der Waals surface area contributed by atoms with Gasteiger partial charge in [-0.05, 0) is 57.2 Å². The molecule has 204 valence electrons. The Bertz CT molecular complexity index is 1020. The van der Waals surface area contributed by atoms with E-state index in [1.807, 2.05) is 19.1 Å². The van der Waals surface area contributed by atoms with Crippen molar-refractivity contribution in [2.75, 3.05) is 18.4 Å². The summed E-state index contributed by atoms with van der Waals surface area (Å²) in [5.41, 5.74) is 1.12. The molecule has 3 N–H and O–H groups in total. The molecule has 0 atom stereocenters. The predicted octanol–water partition coefficient (Wildman–Crippen LogP) is 6.12. The molecular weight excluding hydrogens is 488 g/mol. The van der Waals surface area contributed by atoms with Gasteiger partial charge in [0.1, 0.15) is 10.6 Å². The maximum Gasteiger partial charge on any atom is 0.341 e. The van der Waals surface area contributed by atoms with E-state index in [0.717, 1.165) is 36.2 Å². The van der Waals surface area contributed by atoms with Crippen LogP contribution in [0.2, 0.25) is 0 Å². The molecule has 0 aromatic carbocycles. The maximum atomic E-state index is 13.1. The Balaban J connectivity index is 2.12. The van der Waals surface area contributed by atoms with Crippen LogP contribution in [0.5, 0.6) is 0 Å². The highest BCUT2D eigenvalue weighted by Gasteiger charge is 2.30. The van der Waals surface area contributed by atoms with Gasteiger partial charge >= 0.3 is 12.0 Å². The third kappa shape index (κ3) is 10.5. The van der Waals surface area contributed by atoms with Gasteiger partial charge in [0.15, 0.2) is 0 Å². The first-order valence-corrected chi connectivity index (χ1v) is 14.1. The summed E-state index contributed by atoms with van der Waals surface area (Å²) in [6.07, 6.45) is 11.3. The van der Waals surface area contributed by atoms with Gasteiger partial charge in [-0.2, -0.15) is 0 Å². The van der Waals surface area contributed by atoms with Crippen LogP contribution >= 0.6 is 11.3 Å². The molecular formula is C28H42N4O4S. The standard InChI is InChI=1S/C28H42N4O4S/c1-6-8-9-10-11-12-17-31-27(35)32-25-22(26(34)36-28(3,4)5)21(7-2)23(37-25)24(33)30-18-15-20-14-13-16-29-19-20/h13-14,16,19H,6-12,15,17-18H2,1-5H3,(H,30,33)(H2,31,32,35). The Hall–Kier alpha value is -2.94. The van der Waals surface area contributed by atoms with Gasteiger partial charge in [0.2, 0.25) is 0 Å². The van der Waals surface area contributed by atoms with Crippen LogP contribution < -0.4 is 16.0 Å². The number of carbonyl (C=O) groups is 3. The van der Waals surface area contributed by atoms with Gasteiger partial charge < -0.3 is 15.4 Å². The molecule has 0 aliphatic rings. The number of esters is 1. The Labute approximate surface area is 225 Å². The summed E-state index contributed by atoms with van der Waals surface area (Å²) in [5.74, 6) is -0.836. The highest BCUT2D eigenvalue weighted by Crippen LogP contribution is 2.35. The Morgan fingerprint density at radius 3 is 2.38 bits per heavy atom. The smallest absolute Gasteiger partial charge is 0.341 e. The van der Waals surface area contributed by atoms with E-state index in [-0.39, 0.29) is 11.5 Å². The second-order valence-electron chi connectivity index (χ2n) is 9.99. The lowest BCUT2D eigenvalue weighted by Gasteiger charge is -2.20. The number of hydrogen-bond donors (Lipinski definition) is 3. The van der Waals surface area contributed by atoms with Crippen molar-refractivity contribution < 1.29 is 19.1 Å². The molecule has 0 fully saturated rings. The molecule has 0 unspecified atom stereocenters. The van der Waals surface area contributed by atoms with Crippen molar-refractivity contribution in [3.05, 3.63) is 46.1 Å². The summed E-state index contributed by atoms with van der Waals surface area (Å²) in [5, 5.41) is 8.91. The van der Waals surface area contributed by atoms with Crippen LogP contribution in [-0.2, 0) is 17.6 Å². The largest absolute Gasteiger partial charge is 0.456 e. The minimum Gasteiger partial charge on any atom is -0.456 e. The third-order valence-corrected chi connectivity index (χ3v) is 6.78. The molecule has 8 nitrogen and oxygen atoms in total. The normalized spacial score (nSPS) is 11.2. The number of rotatable bonds is 14. The monoisotopic (exact) mass is 530 g/mol. The molecule has 3 amide bonds. The molecule has 0 bridgehead atoms. The zero-order valence-electron chi connectivity index (χ0n) is 22.9. The molecule has 0 radical (unpaired) electrons. The molecule has 2 aromatic heterocycles. The highest BCUT2D eigenvalue weighted by molar-refractivity contribution is 7.18. The van der Waals surface area contributed by atoms with Gasteiger partial charge in [0, 0.05) is 25.5 Å². The van der Waals surface area contributed by atoms with E-state index in [0.29, 0.717) is 41.4 Å². The average Bonchev–Trinajstić information content (AvgIpc) is 3.21. The molecule has 0 aliphatic carbocycles. The van der Waals surface area contributed by atoms with Crippen molar-refractivity contribution >= 4 is 34.2 Å². The summed E-state index contributed by atoms with van der Waals surface area (Å²) in [6, 6.07) is 3.41. The van der Waals surface area contributed by atoms with Crippen LogP contribution in [0.25, 0.3) is 0 Å². The number of unbranched alkanes of at least 4 members (excludes halogenated alkanes) is 5. The van der Waals surface area contributed by atoms with Crippen LogP contribution in [0.15, 0.2) is 24.5 Å². The lowest BCUT2D eigenvalue weighted by Crippen LogP contribution is -2.30. The van der Waals surface area contributed by atoms with E-state index < -0.39 is 17.6 Å². The number of anilines is 1. The predicted molar refractivity (Wildman–Crippen MR) is 150 cm³/mol. The molecule has 2 heterocycles. The summed E-state index contributed by atoms with van der Waals surface area (Å²) in [4.78, 5) is 43.4. The van der Waals surface area contributed by atoms with Crippen LogP contribution in [-0.4, -0.2) is 41.6 Å². The zero-order chi connectivity index (χ0) is 27.3. The Morgan fingerprint density at radius 2 is 1.73 bits per heavy atom. The number of thiophene rings is 1. The number of amides is 3. The van der Waals surface area contributed by atoms with E-state index in [4.69, 9.17) is 4.74 Å². The number of hydrogen-bond acceptors (Lipinski definition) is 6. The van der Waals surface area contributed by atoms with Crippen LogP contribution in [0.1, 0.15) is 104 Å². The average molecular weight is 531 g/mol. The second-order valence-corrected chi connectivity index (χ2v) is 11.0. The molecule has 2 rings (SSSR count). The number of ether oxygens (including phenoxy) is 1. The van der Waals surface area contributed by atoms with E-state index in [1.165, 1.54) is 19.3 Å². The molecule has 37 heavy (non-hydrogen) atoms. The number of urea groups is 1. The van der Waals surface area contributed by atoms with Crippen molar-refractivity contribution in [1.29, 1.82) is 0 Å². The van der Waals surface area contributed by atoms with Crippen molar-refractivity contribution in [1.82, 2.24) is 15.6 Å². The van der Waals surface area contributed by atoms with Gasteiger partial charge in [0.25, 0.3) is 5.91 Å². The molecule has 9 heteroatoms. The first-order chi connectivity index (χ1) is 17.7. The molecule has 0 saturated carbocycles. The van der Waals surface area contributed by atoms with Crippen molar-refractivity contribution in [2.24, 2.45) is 0 Å². The topological polar surface area (TPSA) is 109 Å². The van der Waals surface area contributed by atoms with Crippen molar-refractivity contribution in [2.45, 2.75) is 91.6 Å². The van der Waals surface area contributed by atoms with Crippen molar-refractivity contribution in [3.63, 3.8) is 0 Å². The zero-order valence-corrected chi connectivity index (χ0v) is 23.7. The summed E-state index contributed by atoms with van der Waals surface area (Å²) in [6.45, 7) is 10.4. The first-order valence-electron chi connectivity index (χ1n) is 13.3. The summed E-state index contributed by atoms with van der Waals surface area (Å²) >= 11 is 1.10. The fourth-order valence-corrected chi connectivity index (χ4v) is 5.01. The molecule has 0 spiro atoms. The van der Waals surface area contributed by atoms with Gasteiger partial charge in [-0.15, -0.1) is 11.3 Å². The van der Waals surface area contributed by atoms with Gasteiger partial charge in [0.05, 0.1) is 10.4 Å². The van der Waals surface area contributed by atoms with Crippen LogP contribution in [0.4, 0.5) is 9.80 Å². The minimum atomic E-state index is -0.715. The van der Waals surface area contributed by atoms with Crippen molar-refractivity contribution in [3.8, 4) is 0 Å². The van der Waals surface area contributed by atoms with E-state index in [9.17, 15) is 14.4 Å². The lowest BCUT2D eigenvalue weighted by molar-refractivity contribution is 0.00701. The van der Waals surface area contributed by atoms with Gasteiger partial charge in [-0.1, -0.05) is 52.0 Å². The first kappa shape index (κ1) is 30.3. The van der Waals surface area contributed by atoms with E-state index in [1.54, 1.807) is 33.2 Å². The lowest BCUT2D eigenvalue weighted by atomic mass is 10.1. The third-order valence-electron chi connectivity index (χ3n) is 5.63. The number of carbonyl (C=O) groups excluding carboxylic acids is 3. The summed E-state index contributed by atoms with van der Waals surface area (Å²) < 4.78 is 5.62. The molecule has 2 aromatic rings. The van der Waals surface area contributed by atoms with E-state index >= 15 is 0 Å².